The summed E-state index contributed by atoms with van der Waals surface area (Å²) < 4.78 is 18.6. The second kappa shape index (κ2) is 3.35. The lowest BCUT2D eigenvalue weighted by Crippen LogP contribution is -2.46. The van der Waals surface area contributed by atoms with E-state index in [1.807, 2.05) is 0 Å². The van der Waals surface area contributed by atoms with Crippen molar-refractivity contribution in [1.29, 1.82) is 0 Å². The molecule has 0 amide bonds. The zero-order valence-electron chi connectivity index (χ0n) is 11.6. The van der Waals surface area contributed by atoms with Crippen molar-refractivity contribution in [1.82, 2.24) is 0 Å². The van der Waals surface area contributed by atoms with E-state index in [0.29, 0.717) is 13.2 Å². The highest BCUT2D eigenvalue weighted by atomic mass is 16.7. The summed E-state index contributed by atoms with van der Waals surface area (Å²) in [6, 6.07) is 8.60. The van der Waals surface area contributed by atoms with E-state index in [9.17, 15) is 0 Å². The van der Waals surface area contributed by atoms with Gasteiger partial charge in [0.1, 0.15) is 11.2 Å². The molecule has 20 heavy (non-hydrogen) atoms. The summed E-state index contributed by atoms with van der Waals surface area (Å²) in [6.07, 6.45) is 5.31. The molecule has 0 N–H and O–H groups in total. The van der Waals surface area contributed by atoms with Crippen LogP contribution in [-0.2, 0) is 25.4 Å². The fourth-order valence-corrected chi connectivity index (χ4v) is 4.64. The first kappa shape index (κ1) is 11.5. The topological polar surface area (TPSA) is 27.7 Å². The molecule has 3 heteroatoms. The van der Waals surface area contributed by atoms with Crippen LogP contribution in [-0.4, -0.2) is 19.0 Å². The van der Waals surface area contributed by atoms with E-state index in [0.717, 1.165) is 19.3 Å². The van der Waals surface area contributed by atoms with Gasteiger partial charge in [-0.25, -0.2) is 0 Å². The van der Waals surface area contributed by atoms with Gasteiger partial charge in [-0.1, -0.05) is 24.3 Å². The normalized spacial score (nSPS) is 39.8. The summed E-state index contributed by atoms with van der Waals surface area (Å²) >= 11 is 0. The van der Waals surface area contributed by atoms with Gasteiger partial charge in [-0.2, -0.15) is 0 Å². The van der Waals surface area contributed by atoms with E-state index < -0.39 is 5.79 Å². The molecule has 1 aromatic rings. The molecule has 0 aromatic heterocycles. The van der Waals surface area contributed by atoms with Crippen LogP contribution in [0.5, 0.6) is 0 Å². The third-order valence-corrected chi connectivity index (χ3v) is 5.34. The average Bonchev–Trinajstić information content (AvgIpc) is 3.10. The van der Waals surface area contributed by atoms with E-state index >= 15 is 0 Å². The first-order valence-corrected chi connectivity index (χ1v) is 7.51. The summed E-state index contributed by atoms with van der Waals surface area (Å²) in [4.78, 5) is 0. The Morgan fingerprint density at radius 1 is 1.00 bits per heavy atom. The molecule has 2 spiro atoms. The molecule has 0 radical (unpaired) electrons. The maximum atomic E-state index is 6.56. The van der Waals surface area contributed by atoms with Crippen LogP contribution in [0.1, 0.15) is 37.3 Å². The minimum atomic E-state index is -0.524. The van der Waals surface area contributed by atoms with Crippen LogP contribution >= 0.6 is 0 Å². The highest BCUT2D eigenvalue weighted by Crippen LogP contribution is 2.65. The largest absolute Gasteiger partial charge is 0.351 e. The predicted octanol–water partition coefficient (Wildman–Crippen LogP) is 2.99. The molecule has 1 aliphatic carbocycles. The fourth-order valence-electron chi connectivity index (χ4n) is 4.64. The third-order valence-electron chi connectivity index (χ3n) is 5.34. The Morgan fingerprint density at radius 3 is 2.55 bits per heavy atom. The molecule has 2 fully saturated rings. The fraction of sp³-hybridized carbons (Fsp3) is 0.529. The highest BCUT2D eigenvalue weighted by molar-refractivity contribution is 5.56. The van der Waals surface area contributed by atoms with Crippen molar-refractivity contribution < 1.29 is 14.2 Å². The van der Waals surface area contributed by atoms with Gasteiger partial charge >= 0.3 is 0 Å². The Bertz CT molecular complexity index is 629. The zero-order chi connectivity index (χ0) is 13.4. The zero-order valence-corrected chi connectivity index (χ0v) is 11.6. The molecule has 5 rings (SSSR count). The summed E-state index contributed by atoms with van der Waals surface area (Å²) in [5.41, 5.74) is 3.21. The third kappa shape index (κ3) is 1.10. The van der Waals surface area contributed by atoms with Gasteiger partial charge in [0.25, 0.3) is 0 Å². The number of benzene rings is 1. The molecule has 0 unspecified atom stereocenters. The molecule has 4 aliphatic rings. The van der Waals surface area contributed by atoms with E-state index in [1.54, 1.807) is 0 Å². The second-order valence-corrected chi connectivity index (χ2v) is 6.44. The van der Waals surface area contributed by atoms with Gasteiger partial charge in [-0.05, 0) is 37.0 Å². The maximum Gasteiger partial charge on any atom is 0.194 e. The van der Waals surface area contributed by atoms with E-state index in [-0.39, 0.29) is 11.2 Å². The number of rotatable bonds is 0. The maximum absolute atomic E-state index is 6.56. The Kier molecular flexibility index (Phi) is 1.93. The van der Waals surface area contributed by atoms with Crippen LogP contribution < -0.4 is 0 Å². The SMILES string of the molecule is C[C@@]12C=C3C4(CCC[C@]3(O1)c1ccccc12)OCCO4. The highest BCUT2D eigenvalue weighted by Gasteiger charge is 2.65. The number of fused-ring (bicyclic) bond motifs is 4. The monoisotopic (exact) mass is 270 g/mol. The van der Waals surface area contributed by atoms with Gasteiger partial charge in [0.05, 0.1) is 13.2 Å². The molecule has 1 saturated carbocycles. The van der Waals surface area contributed by atoms with Crippen LogP contribution in [0.2, 0.25) is 0 Å². The van der Waals surface area contributed by atoms with Gasteiger partial charge in [0.2, 0.25) is 0 Å². The van der Waals surface area contributed by atoms with E-state index in [4.69, 9.17) is 14.2 Å². The smallest absolute Gasteiger partial charge is 0.194 e. The minimum absolute atomic E-state index is 0.312. The van der Waals surface area contributed by atoms with Crippen molar-refractivity contribution in [3.63, 3.8) is 0 Å². The summed E-state index contributed by atoms with van der Waals surface area (Å²) in [5.74, 6) is -0.524. The van der Waals surface area contributed by atoms with Crippen molar-refractivity contribution in [3.8, 4) is 0 Å². The van der Waals surface area contributed by atoms with E-state index in [2.05, 4.69) is 37.3 Å². The number of ether oxygens (including phenoxy) is 3. The molecule has 104 valence electrons. The molecule has 2 bridgehead atoms. The van der Waals surface area contributed by atoms with Gasteiger partial charge in [-0.3, -0.25) is 0 Å². The Hall–Kier alpha value is -1.16. The average molecular weight is 270 g/mol. The van der Waals surface area contributed by atoms with Crippen molar-refractivity contribution in [3.05, 3.63) is 47.0 Å². The van der Waals surface area contributed by atoms with Crippen LogP contribution in [0.3, 0.4) is 0 Å². The van der Waals surface area contributed by atoms with Gasteiger partial charge in [0, 0.05) is 12.0 Å². The van der Waals surface area contributed by atoms with Crippen molar-refractivity contribution in [2.75, 3.05) is 13.2 Å². The van der Waals surface area contributed by atoms with Crippen molar-refractivity contribution in [2.45, 2.75) is 43.2 Å². The Balaban J connectivity index is 1.76. The number of hydrogen-bond donors (Lipinski definition) is 0. The second-order valence-electron chi connectivity index (χ2n) is 6.44. The quantitative estimate of drug-likeness (QED) is 0.678. The van der Waals surface area contributed by atoms with Gasteiger partial charge in [-0.15, -0.1) is 0 Å². The minimum Gasteiger partial charge on any atom is -0.351 e. The first-order valence-electron chi connectivity index (χ1n) is 7.51. The lowest BCUT2D eigenvalue weighted by atomic mass is 9.68. The summed E-state index contributed by atoms with van der Waals surface area (Å²) in [6.45, 7) is 3.53. The van der Waals surface area contributed by atoms with Gasteiger partial charge < -0.3 is 14.2 Å². The Labute approximate surface area is 118 Å². The predicted molar refractivity (Wildman–Crippen MR) is 73.1 cm³/mol. The van der Waals surface area contributed by atoms with Crippen LogP contribution in [0.4, 0.5) is 0 Å². The van der Waals surface area contributed by atoms with Crippen molar-refractivity contribution >= 4 is 0 Å². The molecule has 1 aromatic carbocycles. The molecule has 3 aliphatic heterocycles. The first-order chi connectivity index (χ1) is 9.69. The molecular weight excluding hydrogens is 252 g/mol. The van der Waals surface area contributed by atoms with Crippen LogP contribution in [0.25, 0.3) is 0 Å². The molecule has 3 nitrogen and oxygen atoms in total. The standard InChI is InChI=1S/C17H18O3/c1-15-11-14-16(20-15,13-6-3-2-5-12(13)15)7-4-8-17(14)18-9-10-19-17/h2-3,5-6,11H,4,7-10H2,1H3/t15-,16-/m0/s1. The molecule has 3 heterocycles. The summed E-state index contributed by atoms with van der Waals surface area (Å²) in [5, 5.41) is 0. The number of hydrogen-bond acceptors (Lipinski definition) is 3. The lowest BCUT2D eigenvalue weighted by molar-refractivity contribution is -0.178. The lowest BCUT2D eigenvalue weighted by Gasteiger charge is -2.43. The molecular formula is C17H18O3. The van der Waals surface area contributed by atoms with Crippen molar-refractivity contribution in [2.24, 2.45) is 0 Å². The van der Waals surface area contributed by atoms with E-state index in [1.165, 1.54) is 16.7 Å². The molecule has 1 saturated heterocycles. The van der Waals surface area contributed by atoms with Gasteiger partial charge in [0.15, 0.2) is 5.79 Å². The van der Waals surface area contributed by atoms with Crippen LogP contribution in [0, 0.1) is 0 Å². The molecule has 2 atom stereocenters. The summed E-state index contributed by atoms with van der Waals surface area (Å²) in [7, 11) is 0. The Morgan fingerprint density at radius 2 is 1.75 bits per heavy atom. The van der Waals surface area contributed by atoms with Crippen LogP contribution in [0.15, 0.2) is 35.9 Å².